The van der Waals surface area contributed by atoms with Gasteiger partial charge in [0.05, 0.1) is 5.69 Å². The Morgan fingerprint density at radius 1 is 1.62 bits per heavy atom. The molecule has 0 amide bonds. The second-order valence-electron chi connectivity index (χ2n) is 2.57. The Morgan fingerprint density at radius 2 is 2.23 bits per heavy atom. The van der Waals surface area contributed by atoms with Gasteiger partial charge < -0.3 is 11.1 Å². The van der Waals surface area contributed by atoms with Gasteiger partial charge in [-0.1, -0.05) is 11.6 Å². The Hall–Kier alpha value is -0.320. The number of hydrogen-bond acceptors (Lipinski definition) is 1. The van der Waals surface area contributed by atoms with E-state index in [0.717, 1.165) is 15.7 Å². The van der Waals surface area contributed by atoms with Crippen molar-refractivity contribution in [1.29, 1.82) is 0 Å². The highest BCUT2D eigenvalue weighted by Gasteiger charge is 2.03. The number of thiocarbonyl (C=S) groups is 1. The quantitative estimate of drug-likeness (QED) is 0.776. The van der Waals surface area contributed by atoms with Crippen LogP contribution in [0.2, 0.25) is 5.02 Å². The van der Waals surface area contributed by atoms with Crippen molar-refractivity contribution in [1.82, 2.24) is 0 Å². The van der Waals surface area contributed by atoms with Gasteiger partial charge in [-0.25, -0.2) is 0 Å². The number of halogens is 2. The molecule has 0 bridgehead atoms. The Kier molecular flexibility index (Phi) is 3.53. The van der Waals surface area contributed by atoms with Crippen LogP contribution in [0.15, 0.2) is 16.6 Å². The summed E-state index contributed by atoms with van der Waals surface area (Å²) in [6, 6.07) is 3.68. The molecule has 0 heterocycles. The summed E-state index contributed by atoms with van der Waals surface area (Å²) in [5.74, 6) is 0. The van der Waals surface area contributed by atoms with E-state index in [1.54, 1.807) is 6.07 Å². The fraction of sp³-hybridized carbons (Fsp3) is 0.125. The number of hydrogen-bond donors (Lipinski definition) is 2. The third-order valence-electron chi connectivity index (χ3n) is 1.51. The molecule has 5 heteroatoms. The summed E-state index contributed by atoms with van der Waals surface area (Å²) in [5, 5.41) is 3.72. The minimum absolute atomic E-state index is 0.223. The van der Waals surface area contributed by atoms with Crippen LogP contribution in [-0.4, -0.2) is 5.11 Å². The molecule has 2 nitrogen and oxygen atoms in total. The molecule has 13 heavy (non-hydrogen) atoms. The molecule has 0 aliphatic heterocycles. The van der Waals surface area contributed by atoms with E-state index < -0.39 is 0 Å². The Bertz CT molecular complexity index is 354. The first kappa shape index (κ1) is 10.8. The maximum atomic E-state index is 5.92. The largest absolute Gasteiger partial charge is 0.376 e. The van der Waals surface area contributed by atoms with Gasteiger partial charge in [-0.2, -0.15) is 0 Å². The predicted octanol–water partition coefficient (Wildman–Crippen LogP) is 3.07. The van der Waals surface area contributed by atoms with Crippen molar-refractivity contribution in [2.24, 2.45) is 5.73 Å². The van der Waals surface area contributed by atoms with Gasteiger partial charge in [0, 0.05) is 9.50 Å². The van der Waals surface area contributed by atoms with E-state index in [1.807, 2.05) is 13.0 Å². The highest BCUT2D eigenvalue weighted by Crippen LogP contribution is 2.28. The summed E-state index contributed by atoms with van der Waals surface area (Å²) in [4.78, 5) is 0. The zero-order chi connectivity index (χ0) is 10.0. The molecule has 0 spiro atoms. The number of nitrogens with two attached hydrogens (primary N) is 1. The van der Waals surface area contributed by atoms with E-state index in [4.69, 9.17) is 29.6 Å². The van der Waals surface area contributed by atoms with Gasteiger partial charge in [-0.15, -0.1) is 0 Å². The molecule has 0 fully saturated rings. The normalized spacial score (nSPS) is 9.77. The molecule has 0 atom stereocenters. The number of aryl methyl sites for hydroxylation is 1. The summed E-state index contributed by atoms with van der Waals surface area (Å²) in [5.41, 5.74) is 7.12. The van der Waals surface area contributed by atoms with Crippen molar-refractivity contribution in [3.05, 3.63) is 27.2 Å². The summed E-state index contributed by atoms with van der Waals surface area (Å²) >= 11 is 14.0. The van der Waals surface area contributed by atoms with Gasteiger partial charge in [0.1, 0.15) is 0 Å². The van der Waals surface area contributed by atoms with Crippen LogP contribution in [0.1, 0.15) is 5.56 Å². The SMILES string of the molecule is Cc1cc(Br)c(NC(N)=S)cc1Cl. The maximum absolute atomic E-state index is 5.92. The standard InChI is InChI=1S/C8H8BrClN2S/c1-4-2-5(9)7(3-6(4)10)12-8(11)13/h2-3H,1H3,(H3,11,12,13). The lowest BCUT2D eigenvalue weighted by Crippen LogP contribution is -2.19. The van der Waals surface area contributed by atoms with E-state index >= 15 is 0 Å². The van der Waals surface area contributed by atoms with Crippen LogP contribution in [0.4, 0.5) is 5.69 Å². The van der Waals surface area contributed by atoms with Crippen molar-refractivity contribution in [3.63, 3.8) is 0 Å². The number of rotatable bonds is 1. The fourth-order valence-corrected chi connectivity index (χ4v) is 1.71. The first-order valence-corrected chi connectivity index (χ1v) is 5.10. The van der Waals surface area contributed by atoms with Gasteiger partial charge in [0.2, 0.25) is 0 Å². The summed E-state index contributed by atoms with van der Waals surface area (Å²) in [6.07, 6.45) is 0. The minimum Gasteiger partial charge on any atom is -0.376 e. The molecule has 3 N–H and O–H groups in total. The summed E-state index contributed by atoms with van der Waals surface area (Å²) < 4.78 is 0.891. The third-order valence-corrected chi connectivity index (χ3v) is 2.67. The topological polar surface area (TPSA) is 38.0 Å². The molecular formula is C8H8BrClN2S. The molecule has 70 valence electrons. The smallest absolute Gasteiger partial charge is 0.168 e. The maximum Gasteiger partial charge on any atom is 0.168 e. The van der Waals surface area contributed by atoms with Gasteiger partial charge >= 0.3 is 0 Å². The zero-order valence-corrected chi connectivity index (χ0v) is 10.1. The van der Waals surface area contributed by atoms with Crippen molar-refractivity contribution in [2.75, 3.05) is 5.32 Å². The van der Waals surface area contributed by atoms with Gasteiger partial charge in [-0.3, -0.25) is 0 Å². The van der Waals surface area contributed by atoms with Crippen LogP contribution in [0.5, 0.6) is 0 Å². The Labute approximate surface area is 95.6 Å². The van der Waals surface area contributed by atoms with Crippen molar-refractivity contribution >= 4 is 50.5 Å². The molecule has 1 rings (SSSR count). The lowest BCUT2D eigenvalue weighted by atomic mass is 10.2. The Morgan fingerprint density at radius 3 is 2.77 bits per heavy atom. The van der Waals surface area contributed by atoms with Gasteiger partial charge in [0.25, 0.3) is 0 Å². The second kappa shape index (κ2) is 4.26. The zero-order valence-electron chi connectivity index (χ0n) is 6.90. The highest BCUT2D eigenvalue weighted by atomic mass is 79.9. The molecule has 0 aliphatic carbocycles. The van der Waals surface area contributed by atoms with Crippen LogP contribution >= 0.6 is 39.7 Å². The molecule has 0 radical (unpaired) electrons. The monoisotopic (exact) mass is 278 g/mol. The molecule has 0 aliphatic rings. The lowest BCUT2D eigenvalue weighted by molar-refractivity contribution is 1.44. The number of benzene rings is 1. The van der Waals surface area contributed by atoms with E-state index in [-0.39, 0.29) is 5.11 Å². The molecular weight excluding hydrogens is 272 g/mol. The molecule has 0 unspecified atom stereocenters. The van der Waals surface area contributed by atoms with Crippen molar-refractivity contribution in [2.45, 2.75) is 6.92 Å². The van der Waals surface area contributed by atoms with Crippen molar-refractivity contribution < 1.29 is 0 Å². The summed E-state index contributed by atoms with van der Waals surface area (Å²) in [6.45, 7) is 1.93. The first-order chi connectivity index (χ1) is 6.00. The van der Waals surface area contributed by atoms with Gasteiger partial charge in [0.15, 0.2) is 5.11 Å². The van der Waals surface area contributed by atoms with Crippen LogP contribution in [-0.2, 0) is 0 Å². The highest BCUT2D eigenvalue weighted by molar-refractivity contribution is 9.10. The number of anilines is 1. The Balaban J connectivity index is 3.08. The van der Waals surface area contributed by atoms with E-state index in [1.165, 1.54) is 0 Å². The first-order valence-electron chi connectivity index (χ1n) is 3.53. The number of nitrogens with one attached hydrogen (secondary N) is 1. The minimum atomic E-state index is 0.223. The molecule has 0 saturated heterocycles. The third kappa shape index (κ3) is 2.83. The van der Waals surface area contributed by atoms with Gasteiger partial charge in [-0.05, 0) is 52.8 Å². The molecule has 1 aromatic rings. The molecule has 0 aromatic heterocycles. The average Bonchev–Trinajstić information content (AvgIpc) is 1.99. The fourth-order valence-electron chi connectivity index (χ4n) is 0.875. The summed E-state index contributed by atoms with van der Waals surface area (Å²) in [7, 11) is 0. The van der Waals surface area contributed by atoms with Crippen LogP contribution < -0.4 is 11.1 Å². The lowest BCUT2D eigenvalue weighted by Gasteiger charge is -2.08. The molecule has 1 aromatic carbocycles. The average molecular weight is 280 g/mol. The van der Waals surface area contributed by atoms with Crippen LogP contribution in [0.3, 0.4) is 0 Å². The van der Waals surface area contributed by atoms with E-state index in [0.29, 0.717) is 5.02 Å². The predicted molar refractivity (Wildman–Crippen MR) is 64.3 cm³/mol. The van der Waals surface area contributed by atoms with Crippen LogP contribution in [0, 0.1) is 6.92 Å². The van der Waals surface area contributed by atoms with Crippen LogP contribution in [0.25, 0.3) is 0 Å². The van der Waals surface area contributed by atoms with E-state index in [9.17, 15) is 0 Å². The second-order valence-corrected chi connectivity index (χ2v) is 4.27. The molecule has 0 saturated carbocycles. The van der Waals surface area contributed by atoms with E-state index in [2.05, 4.69) is 21.2 Å². The van der Waals surface area contributed by atoms with Crippen molar-refractivity contribution in [3.8, 4) is 0 Å².